The summed E-state index contributed by atoms with van der Waals surface area (Å²) in [6.45, 7) is 2.01. The maximum absolute atomic E-state index is 10.7. The molecular weight excluding hydrogens is 228 g/mol. The quantitative estimate of drug-likeness (QED) is 0.867. The molecule has 3 N–H and O–H groups in total. The monoisotopic (exact) mass is 242 g/mol. The summed E-state index contributed by atoms with van der Waals surface area (Å²) in [5.74, 6) is 1.49. The number of nitrogens with two attached hydrogens (primary N) is 1. The van der Waals surface area contributed by atoms with Crippen molar-refractivity contribution in [2.75, 3.05) is 5.32 Å². The summed E-state index contributed by atoms with van der Waals surface area (Å²) in [7, 11) is 0. The highest BCUT2D eigenvalue weighted by Crippen LogP contribution is 2.23. The fraction of sp³-hybridized carbons (Fsp3) is 0.0714. The molecule has 0 aliphatic heterocycles. The Labute approximate surface area is 105 Å². The topological polar surface area (TPSA) is 64.3 Å². The van der Waals surface area contributed by atoms with Gasteiger partial charge in [-0.1, -0.05) is 12.1 Å². The molecule has 0 saturated heterocycles. The van der Waals surface area contributed by atoms with Crippen LogP contribution in [0.25, 0.3) is 0 Å². The van der Waals surface area contributed by atoms with E-state index in [9.17, 15) is 4.79 Å². The second-order valence-electron chi connectivity index (χ2n) is 3.93. The van der Waals surface area contributed by atoms with Crippen LogP contribution in [0.3, 0.4) is 0 Å². The SMILES string of the molecule is Cc1cccc(Oc2ccc(NC(N)=O)cc2)c1. The van der Waals surface area contributed by atoms with E-state index in [2.05, 4.69) is 5.32 Å². The van der Waals surface area contributed by atoms with Crippen LogP contribution in [0.2, 0.25) is 0 Å². The van der Waals surface area contributed by atoms with Gasteiger partial charge in [0, 0.05) is 5.69 Å². The van der Waals surface area contributed by atoms with Gasteiger partial charge in [-0.15, -0.1) is 0 Å². The third-order valence-corrected chi connectivity index (χ3v) is 2.35. The Bertz CT molecular complexity index is 550. The van der Waals surface area contributed by atoms with Gasteiger partial charge in [0.15, 0.2) is 0 Å². The molecule has 2 aromatic rings. The normalized spacial score (nSPS) is 9.83. The molecule has 0 spiro atoms. The maximum Gasteiger partial charge on any atom is 0.316 e. The van der Waals surface area contributed by atoms with Gasteiger partial charge in [-0.3, -0.25) is 0 Å². The van der Waals surface area contributed by atoms with Gasteiger partial charge < -0.3 is 15.8 Å². The van der Waals surface area contributed by atoms with Crippen molar-refractivity contribution in [1.29, 1.82) is 0 Å². The van der Waals surface area contributed by atoms with Gasteiger partial charge >= 0.3 is 6.03 Å². The molecule has 0 aliphatic rings. The van der Waals surface area contributed by atoms with Gasteiger partial charge in [0.1, 0.15) is 11.5 Å². The molecule has 0 aliphatic carbocycles. The smallest absolute Gasteiger partial charge is 0.316 e. The largest absolute Gasteiger partial charge is 0.457 e. The number of aryl methyl sites for hydroxylation is 1. The van der Waals surface area contributed by atoms with Crippen molar-refractivity contribution in [2.24, 2.45) is 5.73 Å². The van der Waals surface area contributed by atoms with Gasteiger partial charge in [-0.05, 0) is 48.9 Å². The van der Waals surface area contributed by atoms with Crippen LogP contribution in [0.15, 0.2) is 48.5 Å². The lowest BCUT2D eigenvalue weighted by molar-refractivity contribution is 0.259. The first-order valence-electron chi connectivity index (χ1n) is 5.54. The van der Waals surface area contributed by atoms with Crippen LogP contribution in [-0.4, -0.2) is 6.03 Å². The number of carbonyl (C=O) groups excluding carboxylic acids is 1. The standard InChI is InChI=1S/C14H14N2O2/c1-10-3-2-4-13(9-10)18-12-7-5-11(6-8-12)16-14(15)17/h2-9H,1H3,(H3,15,16,17). The molecule has 2 aromatic carbocycles. The van der Waals surface area contributed by atoms with Crippen molar-refractivity contribution in [3.8, 4) is 11.5 Å². The summed E-state index contributed by atoms with van der Waals surface area (Å²) >= 11 is 0. The first-order valence-corrected chi connectivity index (χ1v) is 5.54. The van der Waals surface area contributed by atoms with Crippen LogP contribution in [0, 0.1) is 6.92 Å². The number of urea groups is 1. The molecule has 92 valence electrons. The predicted octanol–water partition coefficient (Wildman–Crippen LogP) is 3.28. The van der Waals surface area contributed by atoms with Gasteiger partial charge in [0.2, 0.25) is 0 Å². The second kappa shape index (κ2) is 5.23. The Morgan fingerprint density at radius 1 is 1.11 bits per heavy atom. The molecule has 0 heterocycles. The van der Waals surface area contributed by atoms with E-state index in [1.165, 1.54) is 0 Å². The number of amides is 2. The van der Waals surface area contributed by atoms with Crippen LogP contribution in [0.5, 0.6) is 11.5 Å². The van der Waals surface area contributed by atoms with Crippen molar-refractivity contribution >= 4 is 11.7 Å². The molecule has 0 atom stereocenters. The molecule has 4 nitrogen and oxygen atoms in total. The van der Waals surface area contributed by atoms with Crippen LogP contribution in [0.4, 0.5) is 10.5 Å². The Morgan fingerprint density at radius 3 is 2.44 bits per heavy atom. The zero-order chi connectivity index (χ0) is 13.0. The van der Waals surface area contributed by atoms with Gasteiger partial charge in [0.05, 0.1) is 0 Å². The highest BCUT2D eigenvalue weighted by atomic mass is 16.5. The zero-order valence-electron chi connectivity index (χ0n) is 10.0. The Kier molecular flexibility index (Phi) is 3.48. The molecule has 0 aromatic heterocycles. The fourth-order valence-corrected chi connectivity index (χ4v) is 1.56. The minimum Gasteiger partial charge on any atom is -0.457 e. The lowest BCUT2D eigenvalue weighted by Gasteiger charge is -2.07. The number of nitrogens with one attached hydrogen (secondary N) is 1. The first kappa shape index (κ1) is 12.0. The number of anilines is 1. The van der Waals surface area contributed by atoms with Crippen LogP contribution >= 0.6 is 0 Å². The average molecular weight is 242 g/mol. The number of hydrogen-bond acceptors (Lipinski definition) is 2. The number of carbonyl (C=O) groups is 1. The fourth-order valence-electron chi connectivity index (χ4n) is 1.56. The molecule has 0 fully saturated rings. The average Bonchev–Trinajstić information content (AvgIpc) is 2.31. The molecule has 0 bridgehead atoms. The summed E-state index contributed by atoms with van der Waals surface area (Å²) in [5, 5.41) is 2.49. The third-order valence-electron chi connectivity index (χ3n) is 2.35. The van der Waals surface area contributed by atoms with Crippen molar-refractivity contribution < 1.29 is 9.53 Å². The van der Waals surface area contributed by atoms with E-state index in [1.54, 1.807) is 24.3 Å². The van der Waals surface area contributed by atoms with E-state index < -0.39 is 6.03 Å². The van der Waals surface area contributed by atoms with Gasteiger partial charge in [-0.2, -0.15) is 0 Å². The molecule has 0 saturated carbocycles. The van der Waals surface area contributed by atoms with Crippen molar-refractivity contribution in [1.82, 2.24) is 0 Å². The van der Waals surface area contributed by atoms with E-state index in [0.29, 0.717) is 11.4 Å². The third kappa shape index (κ3) is 3.25. The zero-order valence-corrected chi connectivity index (χ0v) is 10.0. The molecule has 4 heteroatoms. The maximum atomic E-state index is 10.7. The van der Waals surface area contributed by atoms with Crippen LogP contribution in [0.1, 0.15) is 5.56 Å². The van der Waals surface area contributed by atoms with Crippen molar-refractivity contribution in [3.63, 3.8) is 0 Å². The van der Waals surface area contributed by atoms with E-state index in [-0.39, 0.29) is 0 Å². The summed E-state index contributed by atoms with van der Waals surface area (Å²) in [4.78, 5) is 10.7. The second-order valence-corrected chi connectivity index (χ2v) is 3.93. The number of ether oxygens (including phenoxy) is 1. The van der Waals surface area contributed by atoms with E-state index in [0.717, 1.165) is 11.3 Å². The van der Waals surface area contributed by atoms with Gasteiger partial charge in [-0.25, -0.2) is 4.79 Å². The summed E-state index contributed by atoms with van der Waals surface area (Å²) in [5.41, 5.74) is 6.80. The minimum absolute atomic E-state index is 0.581. The Morgan fingerprint density at radius 2 is 1.83 bits per heavy atom. The predicted molar refractivity (Wildman–Crippen MR) is 70.9 cm³/mol. The summed E-state index contributed by atoms with van der Waals surface area (Å²) in [6.07, 6.45) is 0. The Balaban J connectivity index is 2.08. The van der Waals surface area contributed by atoms with Crippen LogP contribution < -0.4 is 15.8 Å². The highest BCUT2D eigenvalue weighted by molar-refractivity contribution is 5.87. The number of primary amides is 1. The number of benzene rings is 2. The molecule has 2 amide bonds. The molecule has 2 rings (SSSR count). The summed E-state index contributed by atoms with van der Waals surface area (Å²) in [6, 6.07) is 14.2. The Hall–Kier alpha value is -2.49. The molecule has 0 unspecified atom stereocenters. The van der Waals surface area contributed by atoms with E-state index in [4.69, 9.17) is 10.5 Å². The minimum atomic E-state index is -0.581. The van der Waals surface area contributed by atoms with E-state index in [1.807, 2.05) is 31.2 Å². The highest BCUT2D eigenvalue weighted by Gasteiger charge is 1.99. The number of hydrogen-bond donors (Lipinski definition) is 2. The number of rotatable bonds is 3. The molecular formula is C14H14N2O2. The lowest BCUT2D eigenvalue weighted by atomic mass is 10.2. The van der Waals surface area contributed by atoms with Crippen molar-refractivity contribution in [2.45, 2.75) is 6.92 Å². The van der Waals surface area contributed by atoms with Gasteiger partial charge in [0.25, 0.3) is 0 Å². The molecule has 0 radical (unpaired) electrons. The van der Waals surface area contributed by atoms with Crippen molar-refractivity contribution in [3.05, 3.63) is 54.1 Å². The summed E-state index contributed by atoms with van der Waals surface area (Å²) < 4.78 is 5.68. The van der Waals surface area contributed by atoms with Crippen LogP contribution in [-0.2, 0) is 0 Å². The van der Waals surface area contributed by atoms with E-state index >= 15 is 0 Å². The molecule has 18 heavy (non-hydrogen) atoms. The lowest BCUT2D eigenvalue weighted by Crippen LogP contribution is -2.19. The first-order chi connectivity index (χ1) is 8.63.